The second kappa shape index (κ2) is 10.2. The number of carbonyl (C=O) groups is 3. The third kappa shape index (κ3) is 4.78. The summed E-state index contributed by atoms with van der Waals surface area (Å²) in [5.74, 6) is -1.91. The lowest BCUT2D eigenvalue weighted by Crippen LogP contribution is -2.37. The smallest absolute Gasteiger partial charge is 0.379 e. The van der Waals surface area contributed by atoms with E-state index in [2.05, 4.69) is 59.8 Å². The van der Waals surface area contributed by atoms with Gasteiger partial charge in [-0.2, -0.15) is 0 Å². The average Bonchev–Trinajstić information content (AvgIpc) is 3.13. The van der Waals surface area contributed by atoms with Crippen molar-refractivity contribution < 1.29 is 23.9 Å². The predicted molar refractivity (Wildman–Crippen MR) is 133 cm³/mol. The molecule has 0 saturated heterocycles. The van der Waals surface area contributed by atoms with Gasteiger partial charge in [-0.1, -0.05) is 65.3 Å². The minimum atomic E-state index is -2.60. The third-order valence-electron chi connectivity index (χ3n) is 6.19. The summed E-state index contributed by atoms with van der Waals surface area (Å²) in [5.41, 5.74) is 4.66. The minimum absolute atomic E-state index is 0.0268. The van der Waals surface area contributed by atoms with Crippen molar-refractivity contribution in [3.8, 4) is 0 Å². The molecule has 0 fully saturated rings. The van der Waals surface area contributed by atoms with Crippen LogP contribution in [0.3, 0.4) is 0 Å². The Kier molecular flexibility index (Phi) is 8.33. The highest BCUT2D eigenvalue weighted by Crippen LogP contribution is 2.56. The van der Waals surface area contributed by atoms with Crippen LogP contribution < -0.4 is 5.30 Å². The molecule has 1 heterocycles. The molecule has 1 aliphatic rings. The highest BCUT2D eigenvalue weighted by Gasteiger charge is 2.42. The summed E-state index contributed by atoms with van der Waals surface area (Å²) in [4.78, 5) is 38.7. The maximum atomic E-state index is 13.3. The first-order valence-corrected chi connectivity index (χ1v) is 13.4. The zero-order chi connectivity index (χ0) is 24.4. The lowest BCUT2D eigenvalue weighted by atomic mass is 9.89. The number of esters is 2. The molecule has 1 aliphatic heterocycles. The minimum Gasteiger partial charge on any atom is -0.465 e. The number of methoxy groups -OCH3 is 2. The molecule has 0 aromatic heterocycles. The molecule has 2 rings (SSSR count). The van der Waals surface area contributed by atoms with E-state index in [4.69, 9.17) is 9.47 Å². The number of ether oxygens (including phenoxy) is 2. The monoisotopic (exact) mass is 460 g/mol. The Hall–Kier alpha value is -2.13. The topological polar surface area (TPSA) is 69.7 Å². The molecule has 1 atom stereocenters. The Labute approximate surface area is 192 Å². The third-order valence-corrected chi connectivity index (χ3v) is 10.7. The van der Waals surface area contributed by atoms with E-state index in [9.17, 15) is 14.4 Å². The summed E-state index contributed by atoms with van der Waals surface area (Å²) < 4.78 is 9.83. The average molecular weight is 461 g/mol. The van der Waals surface area contributed by atoms with Gasteiger partial charge < -0.3 is 9.47 Å². The first-order chi connectivity index (χ1) is 14.9. The summed E-state index contributed by atoms with van der Waals surface area (Å²) in [6, 6.07) is 4.45. The maximum Gasteiger partial charge on any atom is 0.379 e. The SMILES string of the molecule is COC(=O)C(=O)C(C(=O)OC)=P1(c2c(C(C)C)cc(C(C)C)cc2C(C)C)CC=C(C)C1. The molecule has 1 aromatic rings. The van der Waals surface area contributed by atoms with Crippen LogP contribution in [0.1, 0.15) is 82.9 Å². The molecule has 0 spiro atoms. The molecular weight excluding hydrogens is 423 g/mol. The van der Waals surface area contributed by atoms with Crippen LogP contribution in [0.25, 0.3) is 0 Å². The normalized spacial score (nSPS) is 18.2. The Bertz CT molecular complexity index is 982. The van der Waals surface area contributed by atoms with Crippen molar-refractivity contribution >= 4 is 35.2 Å². The molecule has 0 saturated carbocycles. The molecule has 0 bridgehead atoms. The summed E-state index contributed by atoms with van der Waals surface area (Å²) in [6.45, 7) is 12.3. The Morgan fingerprint density at radius 1 is 0.844 bits per heavy atom. The van der Waals surface area contributed by atoms with Gasteiger partial charge in [-0.25, -0.2) is 9.59 Å². The first-order valence-electron chi connectivity index (χ1n) is 11.2. The van der Waals surface area contributed by atoms with Gasteiger partial charge in [0, 0.05) is 0 Å². The van der Waals surface area contributed by atoms with E-state index in [-0.39, 0.29) is 17.1 Å². The van der Waals surface area contributed by atoms with Crippen LogP contribution in [-0.2, 0) is 23.9 Å². The number of benzene rings is 1. The predicted octanol–water partition coefficient (Wildman–Crippen LogP) is 4.75. The molecule has 1 aromatic carbocycles. The standard InChI is InChI=1S/C26H37O5P/c1-15(2)19-12-20(16(3)4)23(21(13-19)17(5)6)32(11-10-18(7)14-32)24(26(29)31-9)22(27)25(28)30-8/h10,12-13,15-17H,11,14H2,1-9H3. The van der Waals surface area contributed by atoms with Crippen LogP contribution in [-0.4, -0.2) is 49.6 Å². The fourth-order valence-electron chi connectivity index (χ4n) is 4.48. The van der Waals surface area contributed by atoms with Gasteiger partial charge in [-0.3, -0.25) is 4.79 Å². The van der Waals surface area contributed by atoms with E-state index < -0.39 is 24.6 Å². The van der Waals surface area contributed by atoms with Gasteiger partial charge in [0.25, 0.3) is 5.78 Å². The van der Waals surface area contributed by atoms with Crippen LogP contribution in [0.5, 0.6) is 0 Å². The number of hydrogen-bond acceptors (Lipinski definition) is 5. The second-order valence-corrected chi connectivity index (χ2v) is 13.0. The van der Waals surface area contributed by atoms with Gasteiger partial charge in [0.2, 0.25) is 0 Å². The Balaban J connectivity index is 3.16. The molecule has 176 valence electrons. The van der Waals surface area contributed by atoms with Crippen molar-refractivity contribution in [1.82, 2.24) is 0 Å². The van der Waals surface area contributed by atoms with E-state index in [1.165, 1.54) is 12.7 Å². The maximum absolute atomic E-state index is 13.3. The number of carbonyl (C=O) groups excluding carboxylic acids is 3. The van der Waals surface area contributed by atoms with Crippen LogP contribution in [0.15, 0.2) is 23.8 Å². The molecular formula is C26H37O5P. The van der Waals surface area contributed by atoms with E-state index in [0.717, 1.165) is 29.1 Å². The first kappa shape index (κ1) is 26.1. The number of hydrogen-bond donors (Lipinski definition) is 0. The second-order valence-electron chi connectivity index (χ2n) is 9.53. The molecule has 32 heavy (non-hydrogen) atoms. The quantitative estimate of drug-likeness (QED) is 0.193. The van der Waals surface area contributed by atoms with E-state index in [1.807, 2.05) is 6.92 Å². The zero-order valence-electron chi connectivity index (χ0n) is 20.9. The largest absolute Gasteiger partial charge is 0.465 e. The van der Waals surface area contributed by atoms with E-state index >= 15 is 0 Å². The van der Waals surface area contributed by atoms with Crippen molar-refractivity contribution in [2.24, 2.45) is 0 Å². The van der Waals surface area contributed by atoms with Crippen molar-refractivity contribution in [2.45, 2.75) is 66.2 Å². The molecule has 5 nitrogen and oxygen atoms in total. The lowest BCUT2D eigenvalue weighted by molar-refractivity contribution is -0.149. The van der Waals surface area contributed by atoms with Crippen LogP contribution in [0.2, 0.25) is 0 Å². The fourth-order valence-corrected chi connectivity index (χ4v) is 9.67. The van der Waals surface area contributed by atoms with Gasteiger partial charge in [-0.15, -0.1) is 0 Å². The van der Waals surface area contributed by atoms with E-state index in [0.29, 0.717) is 18.2 Å². The van der Waals surface area contributed by atoms with Crippen LogP contribution >= 0.6 is 6.89 Å². The Morgan fingerprint density at radius 3 is 1.69 bits per heavy atom. The number of rotatable bonds is 7. The molecule has 6 heteroatoms. The highest BCUT2D eigenvalue weighted by atomic mass is 31.2. The molecule has 0 N–H and O–H groups in total. The van der Waals surface area contributed by atoms with Crippen LogP contribution in [0.4, 0.5) is 0 Å². The molecule has 0 amide bonds. The summed E-state index contributed by atoms with van der Waals surface area (Å²) >= 11 is 0. The highest BCUT2D eigenvalue weighted by molar-refractivity contribution is 7.87. The van der Waals surface area contributed by atoms with E-state index in [1.54, 1.807) is 0 Å². The molecule has 0 aliphatic carbocycles. The van der Waals surface area contributed by atoms with Gasteiger partial charge in [0.15, 0.2) is 0 Å². The van der Waals surface area contributed by atoms with Crippen molar-refractivity contribution in [1.29, 1.82) is 0 Å². The van der Waals surface area contributed by atoms with Crippen molar-refractivity contribution in [3.63, 3.8) is 0 Å². The van der Waals surface area contributed by atoms with Crippen LogP contribution in [0, 0.1) is 0 Å². The Morgan fingerprint density at radius 2 is 1.34 bits per heavy atom. The van der Waals surface area contributed by atoms with Crippen molar-refractivity contribution in [3.05, 3.63) is 40.5 Å². The summed E-state index contributed by atoms with van der Waals surface area (Å²) in [6.07, 6.45) is 3.25. The lowest BCUT2D eigenvalue weighted by Gasteiger charge is -2.33. The zero-order valence-corrected chi connectivity index (χ0v) is 21.8. The summed E-state index contributed by atoms with van der Waals surface area (Å²) in [5, 5.41) is 1.05. The fraction of sp³-hybridized carbons (Fsp3) is 0.538. The number of ketones is 1. The summed E-state index contributed by atoms with van der Waals surface area (Å²) in [7, 11) is 2.42. The number of allylic oxidation sites excluding steroid dienone is 2. The molecule has 1 unspecified atom stereocenters. The van der Waals surface area contributed by atoms with Crippen molar-refractivity contribution in [2.75, 3.05) is 26.5 Å². The van der Waals surface area contributed by atoms with Gasteiger partial charge in [0.05, 0.1) is 14.2 Å². The van der Waals surface area contributed by atoms with Gasteiger partial charge in [0.1, 0.15) is 5.29 Å². The number of Topliss-reactive ketones (excluding diaryl/α,β-unsaturated/α-hetero) is 1. The molecule has 0 radical (unpaired) electrons. The van der Waals surface area contributed by atoms with Gasteiger partial charge >= 0.3 is 11.9 Å². The van der Waals surface area contributed by atoms with Gasteiger partial charge in [-0.05, 0) is 65.9 Å².